The van der Waals surface area contributed by atoms with Crippen molar-refractivity contribution in [1.82, 2.24) is 4.72 Å². The molecular weight excluding hydrogens is 242 g/mol. The summed E-state index contributed by atoms with van der Waals surface area (Å²) in [6, 6.07) is 4.13. The molecule has 1 fully saturated rings. The quantitative estimate of drug-likeness (QED) is 0.850. The highest BCUT2D eigenvalue weighted by Gasteiger charge is 2.45. The van der Waals surface area contributed by atoms with Crippen LogP contribution in [0.15, 0.2) is 17.5 Å². The molecule has 0 bridgehead atoms. The highest BCUT2D eigenvalue weighted by atomic mass is 32.2. The second-order valence-electron chi connectivity index (χ2n) is 4.40. The zero-order chi connectivity index (χ0) is 11.6. The van der Waals surface area contributed by atoms with Crippen LogP contribution in [-0.2, 0) is 15.4 Å². The molecule has 1 aromatic heterocycles. The number of rotatable bonds is 6. The molecule has 0 aliphatic heterocycles. The van der Waals surface area contributed by atoms with Crippen molar-refractivity contribution in [2.75, 3.05) is 12.3 Å². The van der Waals surface area contributed by atoms with Crippen LogP contribution in [0.4, 0.5) is 0 Å². The van der Waals surface area contributed by atoms with Crippen molar-refractivity contribution in [3.05, 3.63) is 22.4 Å². The molecule has 1 aliphatic carbocycles. The lowest BCUT2D eigenvalue weighted by Gasteiger charge is -2.14. The SMILES string of the molecule is CCCS(=O)(=O)NCC1(c2cccs2)CC1. The van der Waals surface area contributed by atoms with Crippen molar-refractivity contribution in [3.63, 3.8) is 0 Å². The molecule has 1 saturated carbocycles. The summed E-state index contributed by atoms with van der Waals surface area (Å²) in [6.07, 6.45) is 2.87. The maximum Gasteiger partial charge on any atom is 0.211 e. The van der Waals surface area contributed by atoms with Gasteiger partial charge in [0.25, 0.3) is 0 Å². The highest BCUT2D eigenvalue weighted by molar-refractivity contribution is 7.89. The van der Waals surface area contributed by atoms with Crippen LogP contribution in [-0.4, -0.2) is 20.7 Å². The maximum atomic E-state index is 11.6. The molecular formula is C11H17NO2S2. The van der Waals surface area contributed by atoms with E-state index in [4.69, 9.17) is 0 Å². The number of nitrogens with one attached hydrogen (secondary N) is 1. The Bertz CT molecular complexity index is 433. The van der Waals surface area contributed by atoms with E-state index in [1.54, 1.807) is 11.3 Å². The molecule has 1 N–H and O–H groups in total. The van der Waals surface area contributed by atoms with Gasteiger partial charge in [-0.25, -0.2) is 13.1 Å². The van der Waals surface area contributed by atoms with Gasteiger partial charge in [0.05, 0.1) is 5.75 Å². The topological polar surface area (TPSA) is 46.2 Å². The van der Waals surface area contributed by atoms with E-state index in [9.17, 15) is 8.42 Å². The summed E-state index contributed by atoms with van der Waals surface area (Å²) in [5.41, 5.74) is 0.106. The minimum atomic E-state index is -3.06. The first-order chi connectivity index (χ1) is 7.58. The van der Waals surface area contributed by atoms with E-state index >= 15 is 0 Å². The van der Waals surface area contributed by atoms with Gasteiger partial charge in [-0.2, -0.15) is 0 Å². The Balaban J connectivity index is 1.96. The van der Waals surface area contributed by atoms with Gasteiger partial charge in [0, 0.05) is 16.8 Å². The van der Waals surface area contributed by atoms with E-state index in [2.05, 4.69) is 16.2 Å². The Morgan fingerprint density at radius 3 is 2.75 bits per heavy atom. The van der Waals surface area contributed by atoms with Crippen molar-refractivity contribution < 1.29 is 8.42 Å². The van der Waals surface area contributed by atoms with Gasteiger partial charge in [0.15, 0.2) is 0 Å². The summed E-state index contributed by atoms with van der Waals surface area (Å²) >= 11 is 1.72. The summed E-state index contributed by atoms with van der Waals surface area (Å²) in [7, 11) is -3.06. The fourth-order valence-electron chi connectivity index (χ4n) is 1.83. The largest absolute Gasteiger partial charge is 0.214 e. The van der Waals surface area contributed by atoms with E-state index in [0.29, 0.717) is 13.0 Å². The maximum absolute atomic E-state index is 11.6. The molecule has 5 heteroatoms. The summed E-state index contributed by atoms with van der Waals surface area (Å²) in [5, 5.41) is 2.05. The Labute approximate surface area is 101 Å². The van der Waals surface area contributed by atoms with E-state index in [1.165, 1.54) is 4.88 Å². The summed E-state index contributed by atoms with van der Waals surface area (Å²) in [5.74, 6) is 0.230. The van der Waals surface area contributed by atoms with Gasteiger partial charge in [-0.1, -0.05) is 13.0 Å². The zero-order valence-electron chi connectivity index (χ0n) is 9.40. The molecule has 0 radical (unpaired) electrons. The lowest BCUT2D eigenvalue weighted by atomic mass is 10.1. The van der Waals surface area contributed by atoms with Gasteiger partial charge in [-0.3, -0.25) is 0 Å². The number of hydrogen-bond donors (Lipinski definition) is 1. The van der Waals surface area contributed by atoms with Crippen LogP contribution < -0.4 is 4.72 Å². The molecule has 1 aliphatic rings. The molecule has 1 heterocycles. The molecule has 90 valence electrons. The van der Waals surface area contributed by atoms with Gasteiger partial charge in [-0.15, -0.1) is 11.3 Å². The second-order valence-corrected chi connectivity index (χ2v) is 7.27. The summed E-state index contributed by atoms with van der Waals surface area (Å²) < 4.78 is 25.9. The molecule has 0 atom stereocenters. The Morgan fingerprint density at radius 2 is 2.25 bits per heavy atom. The average Bonchev–Trinajstić information content (AvgIpc) is 2.81. The predicted octanol–water partition coefficient (Wildman–Crippen LogP) is 2.11. The lowest BCUT2D eigenvalue weighted by Crippen LogP contribution is -2.33. The standard InChI is InChI=1S/C11H17NO2S2/c1-2-8-16(13,14)12-9-11(5-6-11)10-4-3-7-15-10/h3-4,7,12H,2,5-6,8-9H2,1H3. The highest BCUT2D eigenvalue weighted by Crippen LogP contribution is 2.49. The first-order valence-corrected chi connectivity index (χ1v) is 8.12. The molecule has 2 rings (SSSR count). The second kappa shape index (κ2) is 4.47. The first kappa shape index (κ1) is 12.1. The van der Waals surface area contributed by atoms with Gasteiger partial charge in [0.2, 0.25) is 10.0 Å². The van der Waals surface area contributed by atoms with Crippen molar-refractivity contribution in [2.24, 2.45) is 0 Å². The summed E-state index contributed by atoms with van der Waals surface area (Å²) in [6.45, 7) is 2.45. The van der Waals surface area contributed by atoms with Gasteiger partial charge >= 0.3 is 0 Å². The minimum absolute atomic E-state index is 0.106. The van der Waals surface area contributed by atoms with Crippen LogP contribution in [0.5, 0.6) is 0 Å². The van der Waals surface area contributed by atoms with Gasteiger partial charge in [-0.05, 0) is 30.7 Å². The summed E-state index contributed by atoms with van der Waals surface area (Å²) in [4.78, 5) is 1.31. The van der Waals surface area contributed by atoms with Crippen LogP contribution in [0, 0.1) is 0 Å². The molecule has 3 nitrogen and oxygen atoms in total. The minimum Gasteiger partial charge on any atom is -0.214 e. The molecule has 0 aromatic carbocycles. The predicted molar refractivity (Wildman–Crippen MR) is 67.3 cm³/mol. The normalized spacial score (nSPS) is 18.6. The third-order valence-electron chi connectivity index (χ3n) is 3.00. The number of hydrogen-bond acceptors (Lipinski definition) is 3. The molecule has 0 saturated heterocycles. The average molecular weight is 259 g/mol. The fraction of sp³-hybridized carbons (Fsp3) is 0.636. The van der Waals surface area contributed by atoms with Gasteiger partial charge in [0.1, 0.15) is 0 Å². The Hall–Kier alpha value is -0.390. The van der Waals surface area contributed by atoms with Crippen molar-refractivity contribution in [2.45, 2.75) is 31.6 Å². The Kier molecular flexibility index (Phi) is 3.37. The molecule has 16 heavy (non-hydrogen) atoms. The molecule has 1 aromatic rings. The van der Waals surface area contributed by atoms with Crippen LogP contribution >= 0.6 is 11.3 Å². The monoisotopic (exact) mass is 259 g/mol. The van der Waals surface area contributed by atoms with Crippen molar-refractivity contribution in [1.29, 1.82) is 0 Å². The molecule has 0 unspecified atom stereocenters. The third-order valence-corrected chi connectivity index (χ3v) is 5.65. The fourth-order valence-corrected chi connectivity index (χ4v) is 4.00. The molecule has 0 amide bonds. The zero-order valence-corrected chi connectivity index (χ0v) is 11.0. The Morgan fingerprint density at radius 1 is 1.50 bits per heavy atom. The first-order valence-electron chi connectivity index (χ1n) is 5.59. The van der Waals surface area contributed by atoms with E-state index < -0.39 is 10.0 Å². The van der Waals surface area contributed by atoms with Crippen molar-refractivity contribution >= 4 is 21.4 Å². The van der Waals surface area contributed by atoms with E-state index in [-0.39, 0.29) is 11.2 Å². The smallest absolute Gasteiger partial charge is 0.211 e. The van der Waals surface area contributed by atoms with Gasteiger partial charge < -0.3 is 0 Å². The van der Waals surface area contributed by atoms with Crippen LogP contribution in [0.2, 0.25) is 0 Å². The third kappa shape index (κ3) is 2.64. The number of sulfonamides is 1. The lowest BCUT2D eigenvalue weighted by molar-refractivity contribution is 0.567. The number of thiophene rings is 1. The van der Waals surface area contributed by atoms with E-state index in [1.807, 2.05) is 13.0 Å². The molecule has 0 spiro atoms. The van der Waals surface area contributed by atoms with Crippen LogP contribution in [0.25, 0.3) is 0 Å². The van der Waals surface area contributed by atoms with Crippen LogP contribution in [0.3, 0.4) is 0 Å². The van der Waals surface area contributed by atoms with E-state index in [0.717, 1.165) is 12.8 Å². The van der Waals surface area contributed by atoms with Crippen LogP contribution in [0.1, 0.15) is 31.1 Å². The van der Waals surface area contributed by atoms with Crippen molar-refractivity contribution in [3.8, 4) is 0 Å².